The number of nitrogens with zero attached hydrogens (tertiary/aromatic N) is 1. The summed E-state index contributed by atoms with van der Waals surface area (Å²) in [5.41, 5.74) is 3.62. The molecule has 120 valence electrons. The number of aromatic nitrogens is 1. The summed E-state index contributed by atoms with van der Waals surface area (Å²) >= 11 is 0. The molecule has 0 bridgehead atoms. The molecule has 23 heavy (non-hydrogen) atoms. The van der Waals surface area contributed by atoms with E-state index in [1.54, 1.807) is 12.1 Å². The molecular weight excluding hydrogens is 312 g/mol. The van der Waals surface area contributed by atoms with Crippen LogP contribution < -0.4 is 4.72 Å². The molecule has 6 heteroatoms. The molecule has 0 fully saturated rings. The van der Waals surface area contributed by atoms with Crippen molar-refractivity contribution in [1.82, 2.24) is 9.71 Å². The second-order valence-electron chi connectivity index (χ2n) is 5.30. The third-order valence-corrected chi connectivity index (χ3v) is 5.22. The summed E-state index contributed by atoms with van der Waals surface area (Å²) < 4.78 is 32.4. The Hall–Kier alpha value is -2.18. The van der Waals surface area contributed by atoms with Crippen molar-refractivity contribution in [2.24, 2.45) is 0 Å². The van der Waals surface area contributed by atoms with Gasteiger partial charge in [-0.3, -0.25) is 0 Å². The zero-order chi connectivity index (χ0) is 16.3. The van der Waals surface area contributed by atoms with Crippen LogP contribution in [-0.4, -0.2) is 19.9 Å². The van der Waals surface area contributed by atoms with E-state index in [2.05, 4.69) is 9.71 Å². The van der Waals surface area contributed by atoms with Gasteiger partial charge < -0.3 is 4.42 Å². The molecule has 0 amide bonds. The molecule has 0 aliphatic heterocycles. The number of hydrogen-bond donors (Lipinski definition) is 1. The highest BCUT2D eigenvalue weighted by Crippen LogP contribution is 2.15. The number of sulfonamides is 1. The average Bonchev–Trinajstić information content (AvgIpc) is 3.02. The fourth-order valence-corrected chi connectivity index (χ4v) is 3.40. The maximum absolute atomic E-state index is 12.3. The van der Waals surface area contributed by atoms with Crippen LogP contribution in [0.5, 0.6) is 0 Å². The third kappa shape index (κ3) is 3.60. The molecule has 0 atom stereocenters. The summed E-state index contributed by atoms with van der Waals surface area (Å²) in [4.78, 5) is 4.35. The molecule has 0 saturated heterocycles. The van der Waals surface area contributed by atoms with Gasteiger partial charge in [0.15, 0.2) is 12.0 Å². The summed E-state index contributed by atoms with van der Waals surface area (Å²) in [6.45, 7) is 2.37. The van der Waals surface area contributed by atoms with Crippen molar-refractivity contribution >= 4 is 21.1 Å². The molecular formula is C17H18N2O3S. The van der Waals surface area contributed by atoms with Gasteiger partial charge in [-0.1, -0.05) is 25.1 Å². The third-order valence-electron chi connectivity index (χ3n) is 3.74. The van der Waals surface area contributed by atoms with Crippen LogP contribution in [0.1, 0.15) is 18.1 Å². The van der Waals surface area contributed by atoms with Gasteiger partial charge in [0.1, 0.15) is 5.52 Å². The van der Waals surface area contributed by atoms with E-state index in [4.69, 9.17) is 4.42 Å². The van der Waals surface area contributed by atoms with Crippen molar-refractivity contribution in [2.75, 3.05) is 6.54 Å². The number of fused-ring (bicyclic) bond motifs is 1. The molecule has 1 aromatic heterocycles. The molecule has 0 aliphatic rings. The number of benzene rings is 2. The van der Waals surface area contributed by atoms with Crippen LogP contribution in [-0.2, 0) is 22.9 Å². The Labute approximate surface area is 135 Å². The molecule has 0 radical (unpaired) electrons. The zero-order valence-electron chi connectivity index (χ0n) is 12.8. The first-order valence-electron chi connectivity index (χ1n) is 7.49. The smallest absolute Gasteiger partial charge is 0.240 e. The van der Waals surface area contributed by atoms with E-state index < -0.39 is 10.0 Å². The van der Waals surface area contributed by atoms with Crippen LogP contribution in [0.25, 0.3) is 11.1 Å². The molecule has 3 rings (SSSR count). The minimum Gasteiger partial charge on any atom is -0.443 e. The normalized spacial score (nSPS) is 11.9. The van der Waals surface area contributed by atoms with Gasteiger partial charge in [0.25, 0.3) is 0 Å². The van der Waals surface area contributed by atoms with E-state index in [-0.39, 0.29) is 0 Å². The van der Waals surface area contributed by atoms with Crippen LogP contribution in [0, 0.1) is 0 Å². The fraction of sp³-hybridized carbons (Fsp3) is 0.235. The van der Waals surface area contributed by atoms with Gasteiger partial charge in [0.2, 0.25) is 10.0 Å². The SMILES string of the molecule is CCc1ccc(S(=O)(=O)NCCc2ccc3ncoc3c2)cc1. The topological polar surface area (TPSA) is 72.2 Å². The molecule has 3 aromatic rings. The summed E-state index contributed by atoms with van der Waals surface area (Å²) in [6.07, 6.45) is 2.87. The Bertz CT molecular complexity index is 899. The van der Waals surface area contributed by atoms with E-state index >= 15 is 0 Å². The van der Waals surface area contributed by atoms with Gasteiger partial charge >= 0.3 is 0 Å². The van der Waals surface area contributed by atoms with Crippen molar-refractivity contribution < 1.29 is 12.8 Å². The van der Waals surface area contributed by atoms with E-state index in [0.717, 1.165) is 23.1 Å². The van der Waals surface area contributed by atoms with Gasteiger partial charge in [0.05, 0.1) is 4.90 Å². The molecule has 0 unspecified atom stereocenters. The van der Waals surface area contributed by atoms with Crippen LogP contribution in [0.2, 0.25) is 0 Å². The van der Waals surface area contributed by atoms with Crippen LogP contribution >= 0.6 is 0 Å². The Morgan fingerprint density at radius 1 is 1.09 bits per heavy atom. The highest BCUT2D eigenvalue weighted by Gasteiger charge is 2.13. The highest BCUT2D eigenvalue weighted by atomic mass is 32.2. The fourth-order valence-electron chi connectivity index (χ4n) is 2.37. The number of nitrogens with one attached hydrogen (secondary N) is 1. The summed E-state index contributed by atoms with van der Waals surface area (Å²) in [7, 11) is -3.47. The zero-order valence-corrected chi connectivity index (χ0v) is 13.6. The first-order chi connectivity index (χ1) is 11.1. The number of oxazole rings is 1. The lowest BCUT2D eigenvalue weighted by Gasteiger charge is -2.07. The standard InChI is InChI=1S/C17H18N2O3S/c1-2-13-3-6-15(7-4-13)23(20,21)19-10-9-14-5-8-16-17(11-14)22-12-18-16/h3-8,11-12,19H,2,9-10H2,1H3. The van der Waals surface area contributed by atoms with Crippen molar-refractivity contribution in [3.05, 3.63) is 60.0 Å². The molecule has 0 saturated carbocycles. The molecule has 1 N–H and O–H groups in total. The lowest BCUT2D eigenvalue weighted by molar-refractivity contribution is 0.581. The van der Waals surface area contributed by atoms with Crippen molar-refractivity contribution in [3.63, 3.8) is 0 Å². The second kappa shape index (κ2) is 6.52. The monoisotopic (exact) mass is 330 g/mol. The van der Waals surface area contributed by atoms with E-state index in [1.165, 1.54) is 6.39 Å². The maximum Gasteiger partial charge on any atom is 0.240 e. The lowest BCUT2D eigenvalue weighted by Crippen LogP contribution is -2.26. The predicted molar refractivity (Wildman–Crippen MR) is 88.7 cm³/mol. The van der Waals surface area contributed by atoms with E-state index in [1.807, 2.05) is 37.3 Å². The van der Waals surface area contributed by atoms with E-state index in [0.29, 0.717) is 23.4 Å². The summed E-state index contributed by atoms with van der Waals surface area (Å²) in [5.74, 6) is 0. The van der Waals surface area contributed by atoms with E-state index in [9.17, 15) is 8.42 Å². The van der Waals surface area contributed by atoms with Gasteiger partial charge in [0, 0.05) is 6.54 Å². The van der Waals surface area contributed by atoms with Crippen LogP contribution in [0.15, 0.2) is 58.2 Å². The molecule has 0 aliphatic carbocycles. The van der Waals surface area contributed by atoms with Crippen molar-refractivity contribution in [3.8, 4) is 0 Å². The number of hydrogen-bond acceptors (Lipinski definition) is 4. The van der Waals surface area contributed by atoms with Gasteiger partial charge in [-0.25, -0.2) is 18.1 Å². The highest BCUT2D eigenvalue weighted by molar-refractivity contribution is 7.89. The van der Waals surface area contributed by atoms with Crippen molar-refractivity contribution in [2.45, 2.75) is 24.7 Å². The molecule has 5 nitrogen and oxygen atoms in total. The molecule has 2 aromatic carbocycles. The van der Waals surface area contributed by atoms with Crippen molar-refractivity contribution in [1.29, 1.82) is 0 Å². The number of rotatable bonds is 6. The lowest BCUT2D eigenvalue weighted by atomic mass is 10.1. The number of aryl methyl sites for hydroxylation is 1. The Balaban J connectivity index is 1.64. The Morgan fingerprint density at radius 3 is 2.57 bits per heavy atom. The van der Waals surface area contributed by atoms with Gasteiger partial charge in [-0.2, -0.15) is 0 Å². The average molecular weight is 330 g/mol. The Morgan fingerprint density at radius 2 is 1.83 bits per heavy atom. The van der Waals surface area contributed by atoms with Gasteiger partial charge in [-0.15, -0.1) is 0 Å². The molecule has 1 heterocycles. The maximum atomic E-state index is 12.3. The first-order valence-corrected chi connectivity index (χ1v) is 8.97. The summed E-state index contributed by atoms with van der Waals surface area (Å²) in [5, 5.41) is 0. The molecule has 0 spiro atoms. The summed E-state index contributed by atoms with van der Waals surface area (Å²) in [6, 6.07) is 12.6. The second-order valence-corrected chi connectivity index (χ2v) is 7.07. The predicted octanol–water partition coefficient (Wildman–Crippen LogP) is 2.91. The minimum absolute atomic E-state index is 0.292. The first kappa shape index (κ1) is 15.7. The largest absolute Gasteiger partial charge is 0.443 e. The minimum atomic E-state index is -3.47. The van der Waals surface area contributed by atoms with Gasteiger partial charge in [-0.05, 0) is 48.2 Å². The van der Waals surface area contributed by atoms with Crippen LogP contribution in [0.4, 0.5) is 0 Å². The quantitative estimate of drug-likeness (QED) is 0.754. The Kier molecular flexibility index (Phi) is 4.45. The van der Waals surface area contributed by atoms with Crippen LogP contribution in [0.3, 0.4) is 0 Å².